The molecule has 2 aromatic rings. The molecule has 110 valence electrons. The molecule has 6 nitrogen and oxygen atoms in total. The van der Waals surface area contributed by atoms with Crippen molar-refractivity contribution < 1.29 is 14.5 Å². The predicted octanol–water partition coefficient (Wildman–Crippen LogP) is 3.06. The van der Waals surface area contributed by atoms with Gasteiger partial charge in [-0.25, -0.2) is 4.79 Å². The maximum Gasteiger partial charge on any atom is 0.333 e. The summed E-state index contributed by atoms with van der Waals surface area (Å²) in [5, 5.41) is 11.6. The van der Waals surface area contributed by atoms with Crippen LogP contribution >= 0.6 is 0 Å². The normalized spacial score (nSPS) is 11.6. The van der Waals surface area contributed by atoms with Gasteiger partial charge in [0.1, 0.15) is 0 Å². The van der Waals surface area contributed by atoms with Crippen molar-refractivity contribution in [2.75, 3.05) is 7.11 Å². The number of carbonyl (C=O) groups is 1. The van der Waals surface area contributed by atoms with Crippen molar-refractivity contribution in [2.24, 2.45) is 0 Å². The number of non-ortho nitro benzene ring substituents is 1. The van der Waals surface area contributed by atoms with Gasteiger partial charge in [0.15, 0.2) is 0 Å². The van der Waals surface area contributed by atoms with Crippen molar-refractivity contribution >= 4 is 22.6 Å². The number of nitrogens with zero attached hydrogens (tertiary/aromatic N) is 2. The molecular formula is C15H16N2O4. The largest absolute Gasteiger partial charge is 0.466 e. The van der Waals surface area contributed by atoms with Gasteiger partial charge in [-0.3, -0.25) is 10.1 Å². The van der Waals surface area contributed by atoms with Crippen LogP contribution < -0.4 is 0 Å². The Kier molecular flexibility index (Phi) is 4.37. The van der Waals surface area contributed by atoms with Crippen molar-refractivity contribution in [1.82, 2.24) is 4.57 Å². The van der Waals surface area contributed by atoms with Crippen molar-refractivity contribution in [3.8, 4) is 0 Å². The number of ether oxygens (including phenoxy) is 1. The number of fused-ring (bicyclic) bond motifs is 1. The Morgan fingerprint density at radius 3 is 2.81 bits per heavy atom. The maximum atomic E-state index is 11.5. The van der Waals surface area contributed by atoms with Gasteiger partial charge in [-0.1, -0.05) is 13.0 Å². The fourth-order valence-electron chi connectivity index (χ4n) is 2.17. The summed E-state index contributed by atoms with van der Waals surface area (Å²) in [6.45, 7) is 2.40. The second-order valence-corrected chi connectivity index (χ2v) is 4.54. The van der Waals surface area contributed by atoms with E-state index in [-0.39, 0.29) is 11.7 Å². The third-order valence-corrected chi connectivity index (χ3v) is 3.33. The number of allylic oxidation sites excluding steroid dienone is 1. The number of hydrogen-bond donors (Lipinski definition) is 0. The Balaban J connectivity index is 2.29. The van der Waals surface area contributed by atoms with Gasteiger partial charge in [-0.15, -0.1) is 0 Å². The molecule has 0 saturated heterocycles. The summed E-state index contributed by atoms with van der Waals surface area (Å²) in [5.74, 6) is -0.329. The van der Waals surface area contributed by atoms with E-state index in [1.165, 1.54) is 19.2 Å². The number of methoxy groups -OCH3 is 1. The topological polar surface area (TPSA) is 74.4 Å². The van der Waals surface area contributed by atoms with Crippen LogP contribution in [0.3, 0.4) is 0 Å². The Morgan fingerprint density at radius 2 is 2.19 bits per heavy atom. The van der Waals surface area contributed by atoms with E-state index in [2.05, 4.69) is 0 Å². The molecule has 1 aromatic heterocycles. The number of rotatable bonds is 5. The molecule has 0 fully saturated rings. The zero-order valence-electron chi connectivity index (χ0n) is 11.9. The number of hydrogen-bond acceptors (Lipinski definition) is 4. The average Bonchev–Trinajstić information content (AvgIpc) is 2.89. The molecule has 0 aliphatic rings. The van der Waals surface area contributed by atoms with E-state index in [9.17, 15) is 14.9 Å². The van der Waals surface area contributed by atoms with Gasteiger partial charge in [0.2, 0.25) is 0 Å². The molecular weight excluding hydrogens is 272 g/mol. The number of carbonyl (C=O) groups excluding carboxylic acids is 1. The van der Waals surface area contributed by atoms with E-state index in [4.69, 9.17) is 4.74 Å². The van der Waals surface area contributed by atoms with Gasteiger partial charge in [0, 0.05) is 41.4 Å². The molecule has 2 rings (SSSR count). The van der Waals surface area contributed by atoms with Crippen LogP contribution in [-0.2, 0) is 16.1 Å². The molecule has 6 heteroatoms. The van der Waals surface area contributed by atoms with Gasteiger partial charge in [0.05, 0.1) is 12.0 Å². The summed E-state index contributed by atoms with van der Waals surface area (Å²) in [6.07, 6.45) is 4.25. The second kappa shape index (κ2) is 6.21. The molecule has 0 atom stereocenters. The van der Waals surface area contributed by atoms with Crippen LogP contribution in [-0.4, -0.2) is 22.6 Å². The van der Waals surface area contributed by atoms with Crippen LogP contribution in [0.2, 0.25) is 0 Å². The molecule has 0 amide bonds. The molecule has 0 N–H and O–H groups in total. The monoisotopic (exact) mass is 288 g/mol. The van der Waals surface area contributed by atoms with Crippen LogP contribution in [0.1, 0.15) is 13.3 Å². The van der Waals surface area contributed by atoms with E-state index >= 15 is 0 Å². The first-order chi connectivity index (χ1) is 10.1. The van der Waals surface area contributed by atoms with Crippen LogP contribution in [0.5, 0.6) is 0 Å². The molecule has 0 aliphatic heterocycles. The van der Waals surface area contributed by atoms with Gasteiger partial charge in [-0.2, -0.15) is 0 Å². The van der Waals surface area contributed by atoms with Gasteiger partial charge >= 0.3 is 5.97 Å². The third-order valence-electron chi connectivity index (χ3n) is 3.33. The number of nitro benzene ring substituents is 1. The summed E-state index contributed by atoms with van der Waals surface area (Å²) < 4.78 is 6.64. The first kappa shape index (κ1) is 14.8. The number of aromatic nitrogens is 1. The Hall–Kier alpha value is -2.63. The lowest BCUT2D eigenvalue weighted by Crippen LogP contribution is -2.05. The molecule has 0 radical (unpaired) electrons. The summed E-state index contributed by atoms with van der Waals surface area (Å²) in [4.78, 5) is 21.8. The molecule has 0 bridgehead atoms. The van der Waals surface area contributed by atoms with E-state index in [1.807, 2.05) is 29.8 Å². The van der Waals surface area contributed by atoms with E-state index in [1.54, 1.807) is 6.07 Å². The Morgan fingerprint density at radius 1 is 1.43 bits per heavy atom. The first-order valence-electron chi connectivity index (χ1n) is 6.57. The highest BCUT2D eigenvalue weighted by Crippen LogP contribution is 2.22. The first-order valence-corrected chi connectivity index (χ1v) is 6.57. The van der Waals surface area contributed by atoms with Crippen LogP contribution in [0.4, 0.5) is 5.69 Å². The lowest BCUT2D eigenvalue weighted by Gasteiger charge is -2.05. The third kappa shape index (κ3) is 3.10. The van der Waals surface area contributed by atoms with Crippen molar-refractivity contribution in [3.63, 3.8) is 0 Å². The van der Waals surface area contributed by atoms with Crippen LogP contribution in [0, 0.1) is 10.1 Å². The quantitative estimate of drug-likeness (QED) is 0.367. The molecule has 21 heavy (non-hydrogen) atoms. The fraction of sp³-hybridized carbons (Fsp3) is 0.267. The van der Waals surface area contributed by atoms with E-state index in [0.717, 1.165) is 10.9 Å². The molecule has 0 spiro atoms. The summed E-state index contributed by atoms with van der Waals surface area (Å²) in [7, 11) is 1.36. The highest BCUT2D eigenvalue weighted by molar-refractivity contribution is 5.88. The van der Waals surface area contributed by atoms with Gasteiger partial charge < -0.3 is 9.30 Å². The molecule has 0 unspecified atom stereocenters. The molecule has 1 heterocycles. The molecule has 0 saturated carbocycles. The van der Waals surface area contributed by atoms with Crippen LogP contribution in [0.25, 0.3) is 10.9 Å². The van der Waals surface area contributed by atoms with Crippen molar-refractivity contribution in [1.29, 1.82) is 0 Å². The zero-order valence-corrected chi connectivity index (χ0v) is 11.9. The Bertz CT molecular complexity index is 716. The lowest BCUT2D eigenvalue weighted by atomic mass is 10.2. The van der Waals surface area contributed by atoms with Crippen molar-refractivity contribution in [2.45, 2.75) is 19.9 Å². The minimum absolute atomic E-state index is 0.0691. The highest BCUT2D eigenvalue weighted by atomic mass is 16.6. The summed E-state index contributed by atoms with van der Waals surface area (Å²) >= 11 is 0. The fourth-order valence-corrected chi connectivity index (χ4v) is 2.17. The Labute approximate surface area is 121 Å². The van der Waals surface area contributed by atoms with Crippen molar-refractivity contribution in [3.05, 3.63) is 52.2 Å². The molecule has 0 aliphatic carbocycles. The predicted molar refractivity (Wildman–Crippen MR) is 79.0 cm³/mol. The molecule has 1 aromatic carbocycles. The number of nitro groups is 1. The number of esters is 1. The minimum atomic E-state index is -0.414. The summed E-state index contributed by atoms with van der Waals surface area (Å²) in [5.41, 5.74) is 1.57. The highest BCUT2D eigenvalue weighted by Gasteiger charge is 2.09. The van der Waals surface area contributed by atoms with Gasteiger partial charge in [-0.05, 0) is 18.6 Å². The smallest absolute Gasteiger partial charge is 0.333 e. The summed E-state index contributed by atoms with van der Waals surface area (Å²) in [6, 6.07) is 6.55. The minimum Gasteiger partial charge on any atom is -0.466 e. The lowest BCUT2D eigenvalue weighted by molar-refractivity contribution is -0.384. The maximum absolute atomic E-state index is 11.5. The number of benzene rings is 1. The van der Waals surface area contributed by atoms with E-state index < -0.39 is 4.92 Å². The zero-order chi connectivity index (χ0) is 15.4. The SMILES string of the molecule is CCC(=CCn1ccc2cc([N+](=O)[O-])ccc21)C(=O)OC. The van der Waals surface area contributed by atoms with Gasteiger partial charge in [0.25, 0.3) is 5.69 Å². The average molecular weight is 288 g/mol. The van der Waals surface area contributed by atoms with Crippen LogP contribution in [0.15, 0.2) is 42.1 Å². The second-order valence-electron chi connectivity index (χ2n) is 4.54. The standard InChI is InChI=1S/C15H16N2O4/c1-3-11(15(18)21-2)6-8-16-9-7-12-10-13(17(19)20)4-5-14(12)16/h4-7,9-10H,3,8H2,1-2H3. The van der Waals surface area contributed by atoms with E-state index in [0.29, 0.717) is 18.5 Å².